The molecule has 0 saturated carbocycles. The second-order valence-corrected chi connectivity index (χ2v) is 6.85. The summed E-state index contributed by atoms with van der Waals surface area (Å²) in [6.07, 6.45) is 0.0149. The lowest BCUT2D eigenvalue weighted by molar-refractivity contribution is 0.122. The predicted octanol–water partition coefficient (Wildman–Crippen LogP) is 1.05. The Hall–Kier alpha value is -2.23. The Morgan fingerprint density at radius 3 is 2.69 bits per heavy atom. The maximum atomic E-state index is 5.61. The van der Waals surface area contributed by atoms with Crippen LogP contribution in [0.15, 0.2) is 30.3 Å². The molecule has 0 bridgehead atoms. The van der Waals surface area contributed by atoms with Crippen LogP contribution >= 0.6 is 12.2 Å². The van der Waals surface area contributed by atoms with Crippen LogP contribution in [-0.4, -0.2) is 64.4 Å². The standard InChI is InChI=1S/C17H23N7OS/c1-13-19-21(2)17(26)24-16(23(13)12-14-6-4-3-5-7-14)18-15(20-24)22-8-10-25-11-9-22/h3-7,13,19H,8-12H2,1-2H3. The van der Waals surface area contributed by atoms with Crippen molar-refractivity contribution < 1.29 is 4.74 Å². The highest BCUT2D eigenvalue weighted by molar-refractivity contribution is 7.80. The second-order valence-electron chi connectivity index (χ2n) is 6.48. The Bertz CT molecular complexity index is 775. The molecule has 1 saturated heterocycles. The van der Waals surface area contributed by atoms with Gasteiger partial charge in [0.05, 0.1) is 19.4 Å². The number of aromatic nitrogens is 3. The number of fused-ring (bicyclic) bond motifs is 1. The van der Waals surface area contributed by atoms with Gasteiger partial charge in [-0.05, 0) is 24.7 Å². The van der Waals surface area contributed by atoms with E-state index < -0.39 is 0 Å². The average molecular weight is 373 g/mol. The number of hydrazine groups is 1. The van der Waals surface area contributed by atoms with Gasteiger partial charge in [-0.2, -0.15) is 9.67 Å². The number of benzene rings is 1. The van der Waals surface area contributed by atoms with Crippen LogP contribution in [0.4, 0.5) is 11.9 Å². The SMILES string of the molecule is CC1NN(C)C(=S)n2nc(N3CCOCC3)nc2N1Cc1ccccc1. The van der Waals surface area contributed by atoms with Gasteiger partial charge in [0.15, 0.2) is 0 Å². The molecule has 0 aliphatic carbocycles. The number of nitrogens with zero attached hydrogens (tertiary/aromatic N) is 6. The van der Waals surface area contributed by atoms with Gasteiger partial charge in [-0.15, -0.1) is 5.10 Å². The monoisotopic (exact) mass is 373 g/mol. The first-order valence-electron chi connectivity index (χ1n) is 8.78. The number of ether oxygens (including phenoxy) is 1. The second kappa shape index (κ2) is 7.18. The minimum Gasteiger partial charge on any atom is -0.378 e. The molecular weight excluding hydrogens is 350 g/mol. The molecule has 2 aromatic rings. The normalized spacial score (nSPS) is 20.9. The number of thiocarbonyl (C=S) groups is 1. The number of hydrogen-bond acceptors (Lipinski definition) is 7. The Morgan fingerprint density at radius 2 is 1.96 bits per heavy atom. The van der Waals surface area contributed by atoms with Gasteiger partial charge >= 0.3 is 0 Å². The average Bonchev–Trinajstić information content (AvgIpc) is 3.09. The Kier molecular flexibility index (Phi) is 4.75. The molecule has 0 spiro atoms. The summed E-state index contributed by atoms with van der Waals surface area (Å²) in [4.78, 5) is 9.17. The summed E-state index contributed by atoms with van der Waals surface area (Å²) >= 11 is 5.61. The Balaban J connectivity index is 1.71. The van der Waals surface area contributed by atoms with Crippen LogP contribution in [0, 0.1) is 0 Å². The summed E-state index contributed by atoms with van der Waals surface area (Å²) in [7, 11) is 1.91. The van der Waals surface area contributed by atoms with Crippen LogP contribution in [0.3, 0.4) is 0 Å². The van der Waals surface area contributed by atoms with Gasteiger partial charge in [-0.3, -0.25) is 5.01 Å². The van der Waals surface area contributed by atoms with Crippen LogP contribution < -0.4 is 15.2 Å². The molecule has 0 amide bonds. The largest absolute Gasteiger partial charge is 0.378 e. The first-order valence-corrected chi connectivity index (χ1v) is 9.19. The molecular formula is C17H23N7OS. The van der Waals surface area contributed by atoms with Crippen LogP contribution in [0.1, 0.15) is 12.5 Å². The van der Waals surface area contributed by atoms with Gasteiger partial charge in [-0.1, -0.05) is 30.3 Å². The van der Waals surface area contributed by atoms with E-state index in [0.717, 1.165) is 19.0 Å². The molecule has 1 fully saturated rings. The Labute approximate surface area is 158 Å². The van der Waals surface area contributed by atoms with E-state index >= 15 is 0 Å². The van der Waals surface area contributed by atoms with Crippen molar-refractivity contribution in [3.05, 3.63) is 35.9 Å². The summed E-state index contributed by atoms with van der Waals surface area (Å²) in [5.41, 5.74) is 4.58. The van der Waals surface area contributed by atoms with Gasteiger partial charge < -0.3 is 14.5 Å². The highest BCUT2D eigenvalue weighted by atomic mass is 32.1. The third-order valence-corrected chi connectivity index (χ3v) is 5.09. The van der Waals surface area contributed by atoms with E-state index in [1.165, 1.54) is 5.56 Å². The minimum atomic E-state index is 0.0149. The van der Waals surface area contributed by atoms with E-state index in [-0.39, 0.29) is 6.17 Å². The fourth-order valence-electron chi connectivity index (χ4n) is 3.21. The number of morpholine rings is 1. The van der Waals surface area contributed by atoms with Gasteiger partial charge in [0.25, 0.3) is 0 Å². The third-order valence-electron chi connectivity index (χ3n) is 4.64. The van der Waals surface area contributed by atoms with Crippen molar-refractivity contribution in [1.82, 2.24) is 25.2 Å². The van der Waals surface area contributed by atoms with E-state index in [2.05, 4.69) is 34.3 Å². The van der Waals surface area contributed by atoms with Crippen LogP contribution in [0.5, 0.6) is 0 Å². The van der Waals surface area contributed by atoms with Crippen molar-refractivity contribution in [2.24, 2.45) is 0 Å². The van der Waals surface area contributed by atoms with Gasteiger partial charge in [-0.25, -0.2) is 5.43 Å². The Morgan fingerprint density at radius 1 is 1.23 bits per heavy atom. The van der Waals surface area contributed by atoms with Crippen LogP contribution in [-0.2, 0) is 11.3 Å². The van der Waals surface area contributed by atoms with E-state index in [9.17, 15) is 0 Å². The first kappa shape index (κ1) is 17.2. The van der Waals surface area contributed by atoms with Crippen molar-refractivity contribution in [3.63, 3.8) is 0 Å². The lowest BCUT2D eigenvalue weighted by atomic mass is 10.2. The molecule has 2 aliphatic rings. The molecule has 1 atom stereocenters. The predicted molar refractivity (Wildman–Crippen MR) is 104 cm³/mol. The fraction of sp³-hybridized carbons (Fsp3) is 0.471. The summed E-state index contributed by atoms with van der Waals surface area (Å²) in [5, 5.41) is 7.11. The molecule has 26 heavy (non-hydrogen) atoms. The molecule has 138 valence electrons. The van der Waals surface area contributed by atoms with Gasteiger partial charge in [0.2, 0.25) is 17.0 Å². The zero-order valence-electron chi connectivity index (χ0n) is 15.0. The molecule has 1 aromatic heterocycles. The van der Waals surface area contributed by atoms with Crippen LogP contribution in [0.25, 0.3) is 0 Å². The lowest BCUT2D eigenvalue weighted by Gasteiger charge is -2.29. The molecule has 2 aliphatic heterocycles. The van der Waals surface area contributed by atoms with Crippen molar-refractivity contribution in [1.29, 1.82) is 0 Å². The molecule has 1 N–H and O–H groups in total. The molecule has 1 aromatic carbocycles. The summed E-state index contributed by atoms with van der Waals surface area (Å²) in [6, 6.07) is 10.3. The van der Waals surface area contributed by atoms with Crippen molar-refractivity contribution in [2.45, 2.75) is 19.6 Å². The zero-order chi connectivity index (χ0) is 18.1. The third kappa shape index (κ3) is 3.25. The van der Waals surface area contributed by atoms with E-state index in [1.807, 2.05) is 30.3 Å². The van der Waals surface area contributed by atoms with E-state index in [4.69, 9.17) is 27.0 Å². The van der Waals surface area contributed by atoms with Crippen molar-refractivity contribution in [2.75, 3.05) is 43.2 Å². The van der Waals surface area contributed by atoms with Gasteiger partial charge in [0.1, 0.15) is 0 Å². The number of anilines is 2. The number of rotatable bonds is 3. The van der Waals surface area contributed by atoms with Crippen molar-refractivity contribution >= 4 is 29.2 Å². The summed E-state index contributed by atoms with van der Waals surface area (Å²) in [6.45, 7) is 5.78. The molecule has 9 heteroatoms. The summed E-state index contributed by atoms with van der Waals surface area (Å²) < 4.78 is 7.19. The highest BCUT2D eigenvalue weighted by Gasteiger charge is 2.31. The highest BCUT2D eigenvalue weighted by Crippen LogP contribution is 2.24. The molecule has 8 nitrogen and oxygen atoms in total. The quantitative estimate of drug-likeness (QED) is 0.802. The molecule has 0 radical (unpaired) electrons. The topological polar surface area (TPSA) is 61.7 Å². The van der Waals surface area contributed by atoms with Crippen LogP contribution in [0.2, 0.25) is 0 Å². The fourth-order valence-corrected chi connectivity index (χ4v) is 3.39. The maximum Gasteiger partial charge on any atom is 0.247 e. The number of nitrogens with one attached hydrogen (secondary N) is 1. The zero-order valence-corrected chi connectivity index (χ0v) is 15.8. The van der Waals surface area contributed by atoms with Gasteiger partial charge in [0, 0.05) is 26.7 Å². The van der Waals surface area contributed by atoms with E-state index in [0.29, 0.717) is 30.8 Å². The minimum absolute atomic E-state index is 0.0149. The molecule has 4 rings (SSSR count). The van der Waals surface area contributed by atoms with E-state index in [1.54, 1.807) is 4.68 Å². The smallest absolute Gasteiger partial charge is 0.247 e. The molecule has 3 heterocycles. The lowest BCUT2D eigenvalue weighted by Crippen LogP contribution is -2.49. The molecule has 1 unspecified atom stereocenters. The maximum absolute atomic E-state index is 5.61. The summed E-state index contributed by atoms with van der Waals surface area (Å²) in [5.74, 6) is 1.45. The van der Waals surface area contributed by atoms with Crippen molar-refractivity contribution in [3.8, 4) is 0 Å². The number of hydrogen-bond donors (Lipinski definition) is 1. The first-order chi connectivity index (χ1) is 12.6.